The van der Waals surface area contributed by atoms with Crippen LogP contribution in [0.25, 0.3) is 11.0 Å². The van der Waals surface area contributed by atoms with Gasteiger partial charge < -0.3 is 4.57 Å². The van der Waals surface area contributed by atoms with Crippen molar-refractivity contribution < 1.29 is 0 Å². The average molecular weight is 249 g/mol. The van der Waals surface area contributed by atoms with Crippen LogP contribution in [-0.4, -0.2) is 9.55 Å². The van der Waals surface area contributed by atoms with Crippen LogP contribution in [0.4, 0.5) is 0 Å². The zero-order valence-electron chi connectivity index (χ0n) is 10.5. The maximum absolute atomic E-state index is 6.28. The number of fused-ring (bicyclic) bond motifs is 1. The molecule has 1 atom stereocenters. The fourth-order valence-corrected chi connectivity index (χ4v) is 2.64. The van der Waals surface area contributed by atoms with Gasteiger partial charge in [-0.05, 0) is 45.2 Å². The maximum atomic E-state index is 6.28. The number of rotatable bonds is 2. The van der Waals surface area contributed by atoms with Crippen molar-refractivity contribution in [2.45, 2.75) is 44.5 Å². The molecule has 2 nitrogen and oxygen atoms in total. The third-order valence-electron chi connectivity index (χ3n) is 3.78. The number of imidazole rings is 1. The number of nitrogens with zero attached hydrogens (tertiary/aromatic N) is 2. The first-order valence-corrected chi connectivity index (χ1v) is 6.59. The molecule has 3 rings (SSSR count). The lowest BCUT2D eigenvalue weighted by molar-refractivity contribution is 0.522. The van der Waals surface area contributed by atoms with E-state index >= 15 is 0 Å². The molecule has 1 fully saturated rings. The summed E-state index contributed by atoms with van der Waals surface area (Å²) in [5.41, 5.74) is 3.79. The third-order valence-corrected chi connectivity index (χ3v) is 3.98. The van der Waals surface area contributed by atoms with Crippen LogP contribution in [0.3, 0.4) is 0 Å². The van der Waals surface area contributed by atoms with Crippen LogP contribution in [0, 0.1) is 6.92 Å². The van der Waals surface area contributed by atoms with Gasteiger partial charge in [-0.1, -0.05) is 12.1 Å². The fourth-order valence-electron chi connectivity index (χ4n) is 2.50. The van der Waals surface area contributed by atoms with Gasteiger partial charge in [0, 0.05) is 5.54 Å². The Kier molecular flexibility index (Phi) is 2.27. The molecule has 0 N–H and O–H groups in total. The minimum Gasteiger partial charge on any atom is -0.321 e. The van der Waals surface area contributed by atoms with Crippen molar-refractivity contribution in [3.63, 3.8) is 0 Å². The summed E-state index contributed by atoms with van der Waals surface area (Å²) < 4.78 is 2.35. The Morgan fingerprint density at radius 1 is 1.41 bits per heavy atom. The molecule has 0 aliphatic heterocycles. The molecule has 1 aromatic carbocycles. The highest BCUT2D eigenvalue weighted by Gasteiger charge is 2.42. The normalized spacial score (nSPS) is 19.5. The Morgan fingerprint density at radius 2 is 2.12 bits per heavy atom. The number of hydrogen-bond acceptors (Lipinski definition) is 1. The number of benzene rings is 1. The van der Waals surface area contributed by atoms with Crippen molar-refractivity contribution in [3.05, 3.63) is 29.6 Å². The zero-order chi connectivity index (χ0) is 12.2. The number of aromatic nitrogens is 2. The van der Waals surface area contributed by atoms with Gasteiger partial charge >= 0.3 is 0 Å². The first-order valence-electron chi connectivity index (χ1n) is 6.15. The fraction of sp³-hybridized carbons (Fsp3) is 0.500. The number of aryl methyl sites for hydroxylation is 1. The van der Waals surface area contributed by atoms with Crippen molar-refractivity contribution in [1.82, 2.24) is 9.55 Å². The predicted octanol–water partition coefficient (Wildman–Crippen LogP) is 4.15. The predicted molar refractivity (Wildman–Crippen MR) is 71.6 cm³/mol. The molecular formula is C14H17ClN2. The van der Waals surface area contributed by atoms with Gasteiger partial charge in [-0.3, -0.25) is 0 Å². The molecule has 17 heavy (non-hydrogen) atoms. The van der Waals surface area contributed by atoms with Gasteiger partial charge in [0.25, 0.3) is 0 Å². The molecule has 0 radical (unpaired) electrons. The van der Waals surface area contributed by atoms with E-state index in [9.17, 15) is 0 Å². The summed E-state index contributed by atoms with van der Waals surface area (Å²) in [6, 6.07) is 6.36. The number of para-hydroxylation sites is 1. The Balaban J connectivity index is 2.36. The molecular weight excluding hydrogens is 232 g/mol. The van der Waals surface area contributed by atoms with Crippen molar-refractivity contribution >= 4 is 22.6 Å². The molecule has 1 unspecified atom stereocenters. The highest BCUT2D eigenvalue weighted by Crippen LogP contribution is 2.47. The second kappa shape index (κ2) is 3.49. The SMILES string of the molecule is Cc1cccc2c1nc(C(C)Cl)n2C1(C)CC1. The highest BCUT2D eigenvalue weighted by atomic mass is 35.5. The Hall–Kier alpha value is -1.02. The molecule has 1 aliphatic rings. The molecule has 1 heterocycles. The maximum Gasteiger partial charge on any atom is 0.128 e. The van der Waals surface area contributed by atoms with Gasteiger partial charge in [-0.15, -0.1) is 11.6 Å². The Labute approximate surface area is 107 Å². The van der Waals surface area contributed by atoms with Crippen molar-refractivity contribution in [1.29, 1.82) is 0 Å². The molecule has 1 aromatic heterocycles. The lowest BCUT2D eigenvalue weighted by atomic mass is 10.2. The lowest BCUT2D eigenvalue weighted by Gasteiger charge is -2.17. The lowest BCUT2D eigenvalue weighted by Crippen LogP contribution is -2.16. The van der Waals surface area contributed by atoms with Crippen LogP contribution in [0.2, 0.25) is 0 Å². The van der Waals surface area contributed by atoms with E-state index in [2.05, 4.69) is 36.6 Å². The van der Waals surface area contributed by atoms with E-state index in [1.54, 1.807) is 0 Å². The van der Waals surface area contributed by atoms with Gasteiger partial charge in [-0.2, -0.15) is 0 Å². The summed E-state index contributed by atoms with van der Waals surface area (Å²) in [6.45, 7) is 6.40. The topological polar surface area (TPSA) is 17.8 Å². The van der Waals surface area contributed by atoms with E-state index in [-0.39, 0.29) is 10.9 Å². The summed E-state index contributed by atoms with van der Waals surface area (Å²) in [7, 11) is 0. The second-order valence-corrected chi connectivity index (χ2v) is 6.02. The van der Waals surface area contributed by atoms with E-state index < -0.39 is 0 Å². The van der Waals surface area contributed by atoms with Crippen LogP contribution in [0.5, 0.6) is 0 Å². The quantitative estimate of drug-likeness (QED) is 0.730. The Bertz CT molecular complexity index is 579. The summed E-state index contributed by atoms with van der Waals surface area (Å²) >= 11 is 6.28. The van der Waals surface area contributed by atoms with Crippen molar-refractivity contribution in [2.75, 3.05) is 0 Å². The summed E-state index contributed by atoms with van der Waals surface area (Å²) in [5.74, 6) is 1.01. The first kappa shape index (κ1) is 11.1. The number of hydrogen-bond donors (Lipinski definition) is 0. The molecule has 2 aromatic rings. The number of halogens is 1. The monoisotopic (exact) mass is 248 g/mol. The zero-order valence-corrected chi connectivity index (χ0v) is 11.3. The molecule has 1 saturated carbocycles. The minimum absolute atomic E-state index is 0.0424. The van der Waals surface area contributed by atoms with Crippen LogP contribution in [0.1, 0.15) is 43.5 Å². The van der Waals surface area contributed by atoms with Gasteiger partial charge in [0.05, 0.1) is 16.4 Å². The number of alkyl halides is 1. The van der Waals surface area contributed by atoms with Crippen LogP contribution < -0.4 is 0 Å². The Morgan fingerprint density at radius 3 is 2.71 bits per heavy atom. The second-order valence-electron chi connectivity index (χ2n) is 5.36. The standard InChI is InChI=1S/C14H17ClN2/c1-9-5-4-6-11-12(9)16-13(10(2)15)17(11)14(3)7-8-14/h4-6,10H,7-8H2,1-3H3. The van der Waals surface area contributed by atoms with Crippen LogP contribution in [-0.2, 0) is 5.54 Å². The van der Waals surface area contributed by atoms with Crippen molar-refractivity contribution in [2.24, 2.45) is 0 Å². The summed E-state index contributed by atoms with van der Waals surface area (Å²) in [4.78, 5) is 4.75. The van der Waals surface area contributed by atoms with E-state index in [1.807, 2.05) is 6.92 Å². The molecule has 0 amide bonds. The van der Waals surface area contributed by atoms with E-state index in [0.29, 0.717) is 0 Å². The highest BCUT2D eigenvalue weighted by molar-refractivity contribution is 6.20. The minimum atomic E-state index is -0.0424. The van der Waals surface area contributed by atoms with E-state index in [0.717, 1.165) is 11.3 Å². The molecule has 3 heteroatoms. The van der Waals surface area contributed by atoms with Gasteiger partial charge in [0.15, 0.2) is 0 Å². The van der Waals surface area contributed by atoms with Crippen LogP contribution >= 0.6 is 11.6 Å². The van der Waals surface area contributed by atoms with E-state index in [1.165, 1.54) is 23.9 Å². The largest absolute Gasteiger partial charge is 0.321 e. The first-order chi connectivity index (χ1) is 8.03. The van der Waals surface area contributed by atoms with Gasteiger partial charge in [0.1, 0.15) is 5.82 Å². The summed E-state index contributed by atoms with van der Waals surface area (Å²) in [6.07, 6.45) is 2.45. The molecule has 1 aliphatic carbocycles. The van der Waals surface area contributed by atoms with Crippen LogP contribution in [0.15, 0.2) is 18.2 Å². The summed E-state index contributed by atoms with van der Waals surface area (Å²) in [5, 5.41) is -0.0424. The average Bonchev–Trinajstić information content (AvgIpc) is 2.88. The van der Waals surface area contributed by atoms with E-state index in [4.69, 9.17) is 16.6 Å². The third kappa shape index (κ3) is 1.58. The smallest absolute Gasteiger partial charge is 0.128 e. The molecule has 0 bridgehead atoms. The molecule has 0 spiro atoms. The van der Waals surface area contributed by atoms with Gasteiger partial charge in [0.2, 0.25) is 0 Å². The molecule has 0 saturated heterocycles. The molecule has 90 valence electrons. The van der Waals surface area contributed by atoms with Gasteiger partial charge in [-0.25, -0.2) is 4.98 Å². The van der Waals surface area contributed by atoms with Crippen molar-refractivity contribution in [3.8, 4) is 0 Å².